The van der Waals surface area contributed by atoms with Gasteiger partial charge >= 0.3 is 0 Å². The normalized spacial score (nSPS) is 20.2. The maximum absolute atomic E-state index is 12.9. The van der Waals surface area contributed by atoms with E-state index < -0.39 is 0 Å². The van der Waals surface area contributed by atoms with Crippen LogP contribution in [0.5, 0.6) is 0 Å². The maximum atomic E-state index is 12.9. The summed E-state index contributed by atoms with van der Waals surface area (Å²) < 4.78 is 12.9. The lowest BCUT2D eigenvalue weighted by molar-refractivity contribution is 0.0663. The Bertz CT molecular complexity index is 570. The van der Waals surface area contributed by atoms with Crippen LogP contribution in [-0.4, -0.2) is 34.2 Å². The fourth-order valence-electron chi connectivity index (χ4n) is 2.51. The zero-order valence-corrected chi connectivity index (χ0v) is 11.9. The Morgan fingerprint density at radius 1 is 1.35 bits per heavy atom. The van der Waals surface area contributed by atoms with Crippen LogP contribution in [0.2, 0.25) is 0 Å². The minimum Gasteiger partial charge on any atom is -0.392 e. The first-order valence-corrected chi connectivity index (χ1v) is 7.69. The maximum Gasteiger partial charge on any atom is 0.123 e. The molecule has 3 nitrogen and oxygen atoms in total. The van der Waals surface area contributed by atoms with Crippen LogP contribution in [-0.2, 0) is 6.54 Å². The number of rotatable bonds is 3. The van der Waals surface area contributed by atoms with Crippen LogP contribution >= 0.6 is 11.3 Å². The van der Waals surface area contributed by atoms with Crippen molar-refractivity contribution in [2.75, 3.05) is 13.1 Å². The molecule has 1 aliphatic rings. The molecule has 1 N–H and O–H groups in total. The van der Waals surface area contributed by atoms with Crippen molar-refractivity contribution in [2.24, 2.45) is 0 Å². The zero-order valence-electron chi connectivity index (χ0n) is 11.1. The van der Waals surface area contributed by atoms with Crippen LogP contribution in [0.25, 0.3) is 10.6 Å². The van der Waals surface area contributed by atoms with E-state index in [9.17, 15) is 9.50 Å². The van der Waals surface area contributed by atoms with Crippen LogP contribution in [0.4, 0.5) is 4.39 Å². The number of aromatic nitrogens is 1. The van der Waals surface area contributed by atoms with Gasteiger partial charge in [0.25, 0.3) is 0 Å². The summed E-state index contributed by atoms with van der Waals surface area (Å²) in [6.07, 6.45) is 1.73. The molecule has 3 rings (SSSR count). The van der Waals surface area contributed by atoms with E-state index in [-0.39, 0.29) is 11.9 Å². The van der Waals surface area contributed by atoms with Gasteiger partial charge in [-0.2, -0.15) is 0 Å². The van der Waals surface area contributed by atoms with Crippen LogP contribution in [0.1, 0.15) is 18.5 Å². The van der Waals surface area contributed by atoms with Crippen LogP contribution in [0.15, 0.2) is 29.6 Å². The third kappa shape index (κ3) is 3.23. The highest BCUT2D eigenvalue weighted by atomic mass is 32.1. The molecule has 20 heavy (non-hydrogen) atoms. The lowest BCUT2D eigenvalue weighted by Crippen LogP contribution is -2.37. The second kappa shape index (κ2) is 5.99. The summed E-state index contributed by atoms with van der Waals surface area (Å²) in [6, 6.07) is 6.42. The Labute approximate surface area is 121 Å². The van der Waals surface area contributed by atoms with Crippen LogP contribution in [0, 0.1) is 5.82 Å². The van der Waals surface area contributed by atoms with E-state index in [1.54, 1.807) is 23.5 Å². The van der Waals surface area contributed by atoms with E-state index in [0.29, 0.717) is 0 Å². The van der Waals surface area contributed by atoms with E-state index in [0.717, 1.165) is 48.7 Å². The molecule has 1 fully saturated rings. The Hall–Kier alpha value is -1.30. The number of hydrogen-bond acceptors (Lipinski definition) is 4. The van der Waals surface area contributed by atoms with Gasteiger partial charge in [0.15, 0.2) is 0 Å². The average molecular weight is 292 g/mol. The summed E-state index contributed by atoms with van der Waals surface area (Å²) in [4.78, 5) is 6.84. The Morgan fingerprint density at radius 3 is 2.90 bits per heavy atom. The largest absolute Gasteiger partial charge is 0.392 e. The molecule has 0 spiro atoms. The summed E-state index contributed by atoms with van der Waals surface area (Å²) in [5.74, 6) is -0.229. The van der Waals surface area contributed by atoms with Crippen molar-refractivity contribution in [3.63, 3.8) is 0 Å². The lowest BCUT2D eigenvalue weighted by Gasteiger charge is -2.29. The summed E-state index contributed by atoms with van der Waals surface area (Å²) in [5, 5.41) is 12.6. The van der Waals surface area contributed by atoms with E-state index in [4.69, 9.17) is 0 Å². The number of aliphatic hydroxyl groups is 1. The van der Waals surface area contributed by atoms with Gasteiger partial charge in [-0.15, -0.1) is 11.3 Å². The fraction of sp³-hybridized carbons (Fsp3) is 0.400. The molecule has 2 aromatic rings. The molecular weight excluding hydrogens is 275 g/mol. The second-order valence-corrected chi connectivity index (χ2v) is 6.04. The van der Waals surface area contributed by atoms with Crippen molar-refractivity contribution >= 4 is 11.3 Å². The van der Waals surface area contributed by atoms with Gasteiger partial charge < -0.3 is 5.11 Å². The van der Waals surface area contributed by atoms with Crippen molar-refractivity contribution in [3.8, 4) is 10.6 Å². The summed E-state index contributed by atoms with van der Waals surface area (Å²) in [6.45, 7) is 2.51. The van der Waals surface area contributed by atoms with Gasteiger partial charge in [0, 0.05) is 24.0 Å². The number of likely N-dealkylation sites (tertiary alicyclic amines) is 1. The molecule has 0 radical (unpaired) electrons. The van der Waals surface area contributed by atoms with Crippen LogP contribution in [0.3, 0.4) is 0 Å². The average Bonchev–Trinajstić information content (AvgIpc) is 2.88. The highest BCUT2D eigenvalue weighted by molar-refractivity contribution is 7.13. The molecule has 106 valence electrons. The first-order valence-electron chi connectivity index (χ1n) is 6.81. The van der Waals surface area contributed by atoms with E-state index in [1.165, 1.54) is 12.1 Å². The minimum atomic E-state index is -0.229. The molecule has 2 heterocycles. The molecule has 0 unspecified atom stereocenters. The molecule has 0 amide bonds. The molecule has 1 aromatic heterocycles. The molecule has 0 aliphatic carbocycles. The van der Waals surface area contributed by atoms with Gasteiger partial charge in [0.05, 0.1) is 11.8 Å². The molecule has 5 heteroatoms. The number of aliphatic hydroxyl groups excluding tert-OH is 1. The first-order chi connectivity index (χ1) is 9.70. The SMILES string of the molecule is O[C@@H]1CCCN(Cc2csc(-c3ccc(F)cc3)n2)C1. The quantitative estimate of drug-likeness (QED) is 0.945. The van der Waals surface area contributed by atoms with Gasteiger partial charge in [0.1, 0.15) is 10.8 Å². The summed E-state index contributed by atoms with van der Waals surface area (Å²) >= 11 is 1.58. The van der Waals surface area contributed by atoms with E-state index in [1.807, 2.05) is 5.38 Å². The smallest absolute Gasteiger partial charge is 0.123 e. The monoisotopic (exact) mass is 292 g/mol. The minimum absolute atomic E-state index is 0.209. The third-order valence-electron chi connectivity index (χ3n) is 3.51. The first kappa shape index (κ1) is 13.7. The van der Waals surface area contributed by atoms with Crippen molar-refractivity contribution in [3.05, 3.63) is 41.2 Å². The summed E-state index contributed by atoms with van der Waals surface area (Å²) in [7, 11) is 0. The Balaban J connectivity index is 1.69. The predicted octanol–water partition coefficient (Wildman–Crippen LogP) is 2.91. The number of piperidine rings is 1. The zero-order chi connectivity index (χ0) is 13.9. The van der Waals surface area contributed by atoms with Gasteiger partial charge in [-0.3, -0.25) is 4.90 Å². The molecule has 0 bridgehead atoms. The summed E-state index contributed by atoms with van der Waals surface area (Å²) in [5.41, 5.74) is 1.96. The lowest BCUT2D eigenvalue weighted by atomic mass is 10.1. The second-order valence-electron chi connectivity index (χ2n) is 5.18. The number of nitrogens with zero attached hydrogens (tertiary/aromatic N) is 2. The van der Waals surface area contributed by atoms with Gasteiger partial charge in [-0.25, -0.2) is 9.37 Å². The Kier molecular flexibility index (Phi) is 4.10. The van der Waals surface area contributed by atoms with Crippen LogP contribution < -0.4 is 0 Å². The van der Waals surface area contributed by atoms with Gasteiger partial charge in [-0.1, -0.05) is 0 Å². The van der Waals surface area contributed by atoms with Crippen molar-refractivity contribution < 1.29 is 9.50 Å². The van der Waals surface area contributed by atoms with Crippen molar-refractivity contribution in [2.45, 2.75) is 25.5 Å². The standard InChI is InChI=1S/C15H17FN2OS/c16-12-5-3-11(4-6-12)15-17-13(10-20-15)8-18-7-1-2-14(19)9-18/h3-6,10,14,19H,1-2,7-9H2/t14-/m1/s1. The molecule has 1 atom stereocenters. The van der Waals surface area contributed by atoms with Crippen molar-refractivity contribution in [1.29, 1.82) is 0 Å². The van der Waals surface area contributed by atoms with Crippen molar-refractivity contribution in [1.82, 2.24) is 9.88 Å². The molecule has 1 saturated heterocycles. The number of β-amino-alcohol motifs (C(OH)–C–C–N with tert-alkyl or cyclic N) is 1. The molecule has 1 aliphatic heterocycles. The van der Waals surface area contributed by atoms with E-state index in [2.05, 4.69) is 9.88 Å². The number of thiazole rings is 1. The Morgan fingerprint density at radius 2 is 2.15 bits per heavy atom. The predicted molar refractivity (Wildman–Crippen MR) is 78.0 cm³/mol. The van der Waals surface area contributed by atoms with Gasteiger partial charge in [-0.05, 0) is 43.7 Å². The number of halogens is 1. The van der Waals surface area contributed by atoms with Gasteiger partial charge in [0.2, 0.25) is 0 Å². The third-order valence-corrected chi connectivity index (χ3v) is 4.45. The topological polar surface area (TPSA) is 36.4 Å². The number of hydrogen-bond donors (Lipinski definition) is 1. The fourth-order valence-corrected chi connectivity index (χ4v) is 3.33. The molecular formula is C15H17FN2OS. The van der Waals surface area contributed by atoms with E-state index >= 15 is 0 Å². The highest BCUT2D eigenvalue weighted by Crippen LogP contribution is 2.25. The molecule has 0 saturated carbocycles. The highest BCUT2D eigenvalue weighted by Gasteiger charge is 2.18. The molecule has 1 aromatic carbocycles. The number of benzene rings is 1.